The molecule has 0 aliphatic carbocycles. The van der Waals surface area contributed by atoms with Crippen molar-refractivity contribution < 1.29 is 13.5 Å². The summed E-state index contributed by atoms with van der Waals surface area (Å²) < 4.78 is 33.6. The molecule has 0 bridgehead atoms. The van der Waals surface area contributed by atoms with Crippen LogP contribution in [0.15, 0.2) is 36.5 Å². The molecule has 0 N–H and O–H groups in total. The molecule has 1 unspecified atom stereocenters. The highest BCUT2D eigenvalue weighted by Crippen LogP contribution is 2.32. The van der Waals surface area contributed by atoms with Gasteiger partial charge in [0, 0.05) is 29.3 Å². The fourth-order valence-corrected chi connectivity index (χ4v) is 3.41. The van der Waals surface area contributed by atoms with Gasteiger partial charge < -0.3 is 4.74 Å². The molecule has 1 atom stereocenters. The van der Waals surface area contributed by atoms with Crippen LogP contribution in [0.2, 0.25) is 5.15 Å². The third-order valence-electron chi connectivity index (χ3n) is 4.25. The molecule has 1 aromatic carbocycles. The SMILES string of the molecule is CC(C)CC(C)COc1ccc(-c2ccnc3cc(F)cc(F)c23)nc1Cl. The zero-order valence-corrected chi connectivity index (χ0v) is 16.2. The van der Waals surface area contributed by atoms with Crippen molar-refractivity contribution in [3.8, 4) is 17.0 Å². The van der Waals surface area contributed by atoms with Gasteiger partial charge in [-0.1, -0.05) is 32.4 Å². The first kappa shape index (κ1) is 19.5. The lowest BCUT2D eigenvalue weighted by atomic mass is 10.00. The minimum Gasteiger partial charge on any atom is -0.490 e. The lowest BCUT2D eigenvalue weighted by Crippen LogP contribution is -2.11. The minimum atomic E-state index is -0.686. The van der Waals surface area contributed by atoms with Crippen molar-refractivity contribution in [3.05, 3.63) is 53.3 Å². The third-order valence-corrected chi connectivity index (χ3v) is 4.52. The van der Waals surface area contributed by atoms with E-state index in [0.717, 1.165) is 12.5 Å². The molecule has 2 heterocycles. The van der Waals surface area contributed by atoms with E-state index in [0.29, 0.717) is 35.4 Å². The molecule has 0 amide bonds. The number of aromatic nitrogens is 2. The van der Waals surface area contributed by atoms with Gasteiger partial charge in [-0.05, 0) is 36.5 Å². The number of hydrogen-bond acceptors (Lipinski definition) is 3. The zero-order chi connectivity index (χ0) is 19.6. The Balaban J connectivity index is 1.89. The summed E-state index contributed by atoms with van der Waals surface area (Å²) in [5.41, 5.74) is 1.20. The largest absolute Gasteiger partial charge is 0.490 e. The average Bonchev–Trinajstić information content (AvgIpc) is 2.59. The second-order valence-electron chi connectivity index (χ2n) is 7.17. The summed E-state index contributed by atoms with van der Waals surface area (Å²) in [5.74, 6) is 0.123. The van der Waals surface area contributed by atoms with E-state index >= 15 is 0 Å². The van der Waals surface area contributed by atoms with Crippen LogP contribution in [0.1, 0.15) is 27.2 Å². The van der Waals surface area contributed by atoms with E-state index < -0.39 is 11.6 Å². The summed E-state index contributed by atoms with van der Waals surface area (Å²) in [6, 6.07) is 7.10. The van der Waals surface area contributed by atoms with Gasteiger partial charge in [-0.3, -0.25) is 4.98 Å². The number of nitrogens with zero attached hydrogens (tertiary/aromatic N) is 2. The predicted molar refractivity (Wildman–Crippen MR) is 104 cm³/mol. The number of halogens is 3. The molecule has 2 aromatic heterocycles. The van der Waals surface area contributed by atoms with Crippen LogP contribution < -0.4 is 4.74 Å². The predicted octanol–water partition coefficient (Wildman–Crippen LogP) is 6.29. The number of ether oxygens (including phenoxy) is 1. The summed E-state index contributed by atoms with van der Waals surface area (Å²) >= 11 is 6.28. The van der Waals surface area contributed by atoms with Crippen LogP contribution >= 0.6 is 11.6 Å². The van der Waals surface area contributed by atoms with Gasteiger partial charge in [-0.15, -0.1) is 0 Å². The number of benzene rings is 1. The zero-order valence-electron chi connectivity index (χ0n) is 15.5. The van der Waals surface area contributed by atoms with Crippen LogP contribution in [0, 0.1) is 23.5 Å². The molecule has 3 nitrogen and oxygen atoms in total. The van der Waals surface area contributed by atoms with E-state index in [1.54, 1.807) is 18.2 Å². The van der Waals surface area contributed by atoms with E-state index in [4.69, 9.17) is 16.3 Å². The van der Waals surface area contributed by atoms with Crippen molar-refractivity contribution in [1.82, 2.24) is 9.97 Å². The Hall–Kier alpha value is -2.27. The number of fused-ring (bicyclic) bond motifs is 1. The first-order valence-electron chi connectivity index (χ1n) is 8.88. The molecule has 3 aromatic rings. The second-order valence-corrected chi connectivity index (χ2v) is 7.53. The molecule has 0 fully saturated rings. The van der Waals surface area contributed by atoms with Crippen molar-refractivity contribution in [1.29, 1.82) is 0 Å². The van der Waals surface area contributed by atoms with Crippen LogP contribution in [0.25, 0.3) is 22.2 Å². The standard InChI is InChI=1S/C21H21ClF2N2O/c1-12(2)8-13(3)11-27-19-5-4-17(26-21(19)22)15-6-7-25-18-10-14(23)9-16(24)20(15)18/h4-7,9-10,12-13H,8,11H2,1-3H3. The number of hydrogen-bond donors (Lipinski definition) is 0. The number of rotatable bonds is 6. The summed E-state index contributed by atoms with van der Waals surface area (Å²) in [4.78, 5) is 8.38. The molecular formula is C21H21ClF2N2O. The van der Waals surface area contributed by atoms with Crippen LogP contribution in [-0.2, 0) is 0 Å². The van der Waals surface area contributed by atoms with E-state index in [1.807, 2.05) is 0 Å². The minimum absolute atomic E-state index is 0.205. The fourth-order valence-electron chi connectivity index (χ4n) is 3.20. The molecule has 0 spiro atoms. The lowest BCUT2D eigenvalue weighted by molar-refractivity contribution is 0.238. The molecule has 142 valence electrons. The van der Waals surface area contributed by atoms with Crippen molar-refractivity contribution in [3.63, 3.8) is 0 Å². The Kier molecular flexibility index (Phi) is 5.90. The van der Waals surface area contributed by atoms with E-state index in [-0.39, 0.29) is 16.1 Å². The average molecular weight is 391 g/mol. The molecule has 0 aliphatic heterocycles. The lowest BCUT2D eigenvalue weighted by Gasteiger charge is -2.16. The van der Waals surface area contributed by atoms with Gasteiger partial charge in [0.2, 0.25) is 0 Å². The first-order chi connectivity index (χ1) is 12.8. The maximum absolute atomic E-state index is 14.3. The molecule has 0 saturated heterocycles. The van der Waals surface area contributed by atoms with E-state index in [2.05, 4.69) is 30.7 Å². The van der Waals surface area contributed by atoms with E-state index in [9.17, 15) is 8.78 Å². The molecular weight excluding hydrogens is 370 g/mol. The van der Waals surface area contributed by atoms with Gasteiger partial charge in [-0.2, -0.15) is 0 Å². The Morgan fingerprint density at radius 1 is 1.11 bits per heavy atom. The smallest absolute Gasteiger partial charge is 0.171 e. The van der Waals surface area contributed by atoms with Gasteiger partial charge in [0.25, 0.3) is 0 Å². The van der Waals surface area contributed by atoms with Crippen LogP contribution in [0.3, 0.4) is 0 Å². The normalized spacial score (nSPS) is 12.6. The van der Waals surface area contributed by atoms with Gasteiger partial charge in [-0.25, -0.2) is 13.8 Å². The quantitative estimate of drug-likeness (QED) is 0.464. The van der Waals surface area contributed by atoms with Gasteiger partial charge in [0.15, 0.2) is 10.9 Å². The van der Waals surface area contributed by atoms with Gasteiger partial charge in [0.1, 0.15) is 11.6 Å². The van der Waals surface area contributed by atoms with Crippen molar-refractivity contribution >= 4 is 22.5 Å². The second kappa shape index (κ2) is 8.17. The third kappa shape index (κ3) is 4.53. The van der Waals surface area contributed by atoms with Gasteiger partial charge in [0.05, 0.1) is 17.8 Å². The number of pyridine rings is 2. The Labute approximate surface area is 162 Å². The summed E-state index contributed by atoms with van der Waals surface area (Å²) in [7, 11) is 0. The van der Waals surface area contributed by atoms with Gasteiger partial charge >= 0.3 is 0 Å². The molecule has 0 aliphatic rings. The maximum atomic E-state index is 14.3. The highest BCUT2D eigenvalue weighted by molar-refractivity contribution is 6.31. The molecule has 0 radical (unpaired) electrons. The maximum Gasteiger partial charge on any atom is 0.171 e. The summed E-state index contributed by atoms with van der Waals surface area (Å²) in [6.45, 7) is 7.01. The van der Waals surface area contributed by atoms with Crippen molar-refractivity contribution in [2.45, 2.75) is 27.2 Å². The van der Waals surface area contributed by atoms with Crippen molar-refractivity contribution in [2.75, 3.05) is 6.61 Å². The first-order valence-corrected chi connectivity index (χ1v) is 9.26. The van der Waals surface area contributed by atoms with Crippen molar-refractivity contribution in [2.24, 2.45) is 11.8 Å². The summed E-state index contributed by atoms with van der Waals surface area (Å²) in [6.07, 6.45) is 2.55. The summed E-state index contributed by atoms with van der Waals surface area (Å²) in [5, 5.41) is 0.415. The molecule has 27 heavy (non-hydrogen) atoms. The Morgan fingerprint density at radius 2 is 1.89 bits per heavy atom. The monoisotopic (exact) mass is 390 g/mol. The Bertz CT molecular complexity index is 962. The highest BCUT2D eigenvalue weighted by atomic mass is 35.5. The van der Waals surface area contributed by atoms with E-state index in [1.165, 1.54) is 12.3 Å². The highest BCUT2D eigenvalue weighted by Gasteiger charge is 2.15. The molecule has 3 rings (SSSR count). The van der Waals surface area contributed by atoms with Crippen LogP contribution in [0.4, 0.5) is 8.78 Å². The van der Waals surface area contributed by atoms with Crippen LogP contribution in [-0.4, -0.2) is 16.6 Å². The van der Waals surface area contributed by atoms with Crippen LogP contribution in [0.5, 0.6) is 5.75 Å². The Morgan fingerprint density at radius 3 is 2.59 bits per heavy atom. The molecule has 0 saturated carbocycles. The topological polar surface area (TPSA) is 35.0 Å². The fraction of sp³-hybridized carbons (Fsp3) is 0.333. The molecule has 6 heteroatoms.